The van der Waals surface area contributed by atoms with Gasteiger partial charge in [-0.05, 0) is 37.3 Å². The largest absolute Gasteiger partial charge is 0.744 e. The highest BCUT2D eigenvalue weighted by atomic mass is 32.2. The van der Waals surface area contributed by atoms with Gasteiger partial charge >= 0.3 is 0 Å². The maximum Gasteiger partial charge on any atom is 0.124 e. The Morgan fingerprint density at radius 3 is 1.89 bits per heavy atom. The Hall–Kier alpha value is -0.910. The molecule has 1 rings (SSSR count). The van der Waals surface area contributed by atoms with Gasteiger partial charge in [-0.2, -0.15) is 0 Å². The van der Waals surface area contributed by atoms with E-state index in [0.29, 0.717) is 5.41 Å². The maximum atomic E-state index is 10.4. The van der Waals surface area contributed by atoms with E-state index < -0.39 is 10.1 Å². The van der Waals surface area contributed by atoms with Crippen LogP contribution in [0.5, 0.6) is 0 Å². The van der Waals surface area contributed by atoms with Crippen LogP contribution in [0.2, 0.25) is 0 Å². The van der Waals surface area contributed by atoms with E-state index in [1.165, 1.54) is 25.0 Å². The van der Waals surface area contributed by atoms with Crippen molar-refractivity contribution < 1.29 is 18.7 Å². The summed E-state index contributed by atoms with van der Waals surface area (Å²) in [7, 11) is -4.27. The van der Waals surface area contributed by atoms with Crippen molar-refractivity contribution in [2.24, 2.45) is 5.41 Å². The van der Waals surface area contributed by atoms with Crippen molar-refractivity contribution in [2.45, 2.75) is 45.4 Å². The van der Waals surface area contributed by atoms with E-state index in [1.807, 2.05) is 6.92 Å². The molecular formula is C14H25NO3S. The van der Waals surface area contributed by atoms with Crippen molar-refractivity contribution in [2.75, 3.05) is 6.54 Å². The lowest BCUT2D eigenvalue weighted by Crippen LogP contribution is -2.50. The van der Waals surface area contributed by atoms with Crippen LogP contribution in [-0.4, -0.2) is 19.5 Å². The smallest absolute Gasteiger partial charge is 0.124 e. The van der Waals surface area contributed by atoms with Crippen LogP contribution in [-0.2, 0) is 10.1 Å². The first kappa shape index (κ1) is 18.1. The monoisotopic (exact) mass is 287 g/mol. The molecule has 1 aromatic carbocycles. The van der Waals surface area contributed by atoms with Gasteiger partial charge in [-0.15, -0.1) is 0 Å². The molecule has 0 aliphatic carbocycles. The molecule has 110 valence electrons. The lowest BCUT2D eigenvalue weighted by atomic mass is 9.91. The average molecular weight is 287 g/mol. The molecule has 0 radical (unpaired) electrons. The highest BCUT2D eigenvalue weighted by molar-refractivity contribution is 7.85. The van der Waals surface area contributed by atoms with Gasteiger partial charge in [-0.25, -0.2) is 8.42 Å². The van der Waals surface area contributed by atoms with Crippen LogP contribution in [0.1, 0.15) is 39.2 Å². The topological polar surface area (TPSA) is 84.8 Å². The number of hydrogen-bond donors (Lipinski definition) is 1. The minimum atomic E-state index is -4.27. The minimum absolute atomic E-state index is 0.178. The third kappa shape index (κ3) is 9.64. The Kier molecular flexibility index (Phi) is 7.26. The molecule has 0 spiro atoms. The lowest BCUT2D eigenvalue weighted by molar-refractivity contribution is -0.369. The second kappa shape index (κ2) is 7.62. The number of rotatable bonds is 3. The van der Waals surface area contributed by atoms with Crippen LogP contribution in [0, 0.1) is 12.3 Å². The zero-order valence-electron chi connectivity index (χ0n) is 12.3. The summed E-state index contributed by atoms with van der Waals surface area (Å²) in [6.07, 6.45) is 2.57. The molecule has 0 unspecified atom stereocenters. The maximum absolute atomic E-state index is 10.4. The zero-order valence-corrected chi connectivity index (χ0v) is 13.1. The predicted octanol–water partition coefficient (Wildman–Crippen LogP) is 1.95. The second-order valence-electron chi connectivity index (χ2n) is 5.78. The Morgan fingerprint density at radius 2 is 1.63 bits per heavy atom. The van der Waals surface area contributed by atoms with Crippen LogP contribution in [0.25, 0.3) is 0 Å². The summed E-state index contributed by atoms with van der Waals surface area (Å²) in [5, 5.41) is 0. The standard InChI is InChI=1S/C7H17N.C7H8O3S/c1-7(2,3)5-4-6-8;1-6-2-4-7(5-3-6)11(8,9)10/h4-6,8H2,1-3H3;2-5H,1H3,(H,8,9,10). The third-order valence-corrected chi connectivity index (χ3v) is 3.34. The van der Waals surface area contributed by atoms with Gasteiger partial charge in [0.25, 0.3) is 0 Å². The summed E-state index contributed by atoms with van der Waals surface area (Å²) < 4.78 is 31.2. The third-order valence-electron chi connectivity index (χ3n) is 2.49. The highest BCUT2D eigenvalue weighted by Crippen LogP contribution is 2.19. The minimum Gasteiger partial charge on any atom is -0.744 e. The molecule has 0 atom stereocenters. The molecule has 0 aliphatic rings. The molecule has 4 nitrogen and oxygen atoms in total. The average Bonchev–Trinajstić information content (AvgIpc) is 2.25. The van der Waals surface area contributed by atoms with Gasteiger partial charge in [0.1, 0.15) is 10.1 Å². The number of quaternary nitrogens is 1. The molecule has 0 amide bonds. The second-order valence-corrected chi connectivity index (χ2v) is 7.16. The van der Waals surface area contributed by atoms with Crippen LogP contribution < -0.4 is 5.73 Å². The summed E-state index contributed by atoms with van der Waals surface area (Å²) in [5.41, 5.74) is 5.23. The van der Waals surface area contributed by atoms with E-state index in [-0.39, 0.29) is 4.90 Å². The van der Waals surface area contributed by atoms with Crippen LogP contribution >= 0.6 is 0 Å². The summed E-state index contributed by atoms with van der Waals surface area (Å²) >= 11 is 0. The van der Waals surface area contributed by atoms with Crippen LogP contribution in [0.15, 0.2) is 29.2 Å². The molecule has 0 bridgehead atoms. The van der Waals surface area contributed by atoms with Gasteiger partial charge in [0.2, 0.25) is 0 Å². The van der Waals surface area contributed by atoms with Crippen molar-refractivity contribution in [1.29, 1.82) is 0 Å². The van der Waals surface area contributed by atoms with E-state index in [4.69, 9.17) is 0 Å². The number of hydrogen-bond acceptors (Lipinski definition) is 3. The van der Waals surface area contributed by atoms with Crippen molar-refractivity contribution in [3.05, 3.63) is 29.8 Å². The molecule has 0 saturated carbocycles. The van der Waals surface area contributed by atoms with Gasteiger partial charge < -0.3 is 10.3 Å². The molecule has 19 heavy (non-hydrogen) atoms. The van der Waals surface area contributed by atoms with Gasteiger partial charge in [-0.3, -0.25) is 0 Å². The first-order valence-corrected chi connectivity index (χ1v) is 7.79. The summed E-state index contributed by atoms with van der Waals surface area (Å²) in [4.78, 5) is -0.178. The normalized spacial score (nSPS) is 11.7. The van der Waals surface area contributed by atoms with E-state index in [0.717, 1.165) is 12.1 Å². The van der Waals surface area contributed by atoms with Crippen molar-refractivity contribution >= 4 is 10.1 Å². The number of aryl methyl sites for hydroxylation is 1. The molecule has 0 fully saturated rings. The summed E-state index contributed by atoms with van der Waals surface area (Å²) in [6.45, 7) is 9.70. The molecule has 3 N–H and O–H groups in total. The van der Waals surface area contributed by atoms with E-state index in [1.54, 1.807) is 12.1 Å². The van der Waals surface area contributed by atoms with Crippen molar-refractivity contribution in [3.8, 4) is 0 Å². The highest BCUT2D eigenvalue weighted by Gasteiger charge is 2.08. The van der Waals surface area contributed by atoms with Gasteiger partial charge in [0, 0.05) is 0 Å². The fourth-order valence-corrected chi connectivity index (χ4v) is 1.83. The molecule has 0 heterocycles. The molecular weight excluding hydrogens is 262 g/mol. The first-order chi connectivity index (χ1) is 8.56. The van der Waals surface area contributed by atoms with Gasteiger partial charge in [0.15, 0.2) is 0 Å². The number of benzene rings is 1. The SMILES string of the molecule is CC(C)(C)CCC[NH3+].Cc1ccc(S(=O)(=O)[O-])cc1. The molecule has 0 aliphatic heterocycles. The molecule has 0 aromatic heterocycles. The lowest BCUT2D eigenvalue weighted by Gasteiger charge is -2.15. The quantitative estimate of drug-likeness (QED) is 0.862. The fraction of sp³-hybridized carbons (Fsp3) is 0.571. The van der Waals surface area contributed by atoms with Crippen LogP contribution in [0.3, 0.4) is 0 Å². The van der Waals surface area contributed by atoms with E-state index in [2.05, 4.69) is 26.5 Å². The van der Waals surface area contributed by atoms with Crippen LogP contribution in [0.4, 0.5) is 0 Å². The summed E-state index contributed by atoms with van der Waals surface area (Å²) in [6, 6.07) is 5.78. The Labute approximate surface area is 116 Å². The van der Waals surface area contributed by atoms with E-state index >= 15 is 0 Å². The Bertz CT molecular complexity index is 458. The van der Waals surface area contributed by atoms with Crippen molar-refractivity contribution in [1.82, 2.24) is 0 Å². The Balaban J connectivity index is 0.000000362. The predicted molar refractivity (Wildman–Crippen MR) is 75.6 cm³/mol. The van der Waals surface area contributed by atoms with Gasteiger partial charge in [0.05, 0.1) is 11.4 Å². The Morgan fingerprint density at radius 1 is 1.16 bits per heavy atom. The zero-order chi connectivity index (χ0) is 15.1. The fourth-order valence-electron chi connectivity index (χ4n) is 1.36. The molecule has 5 heteroatoms. The molecule has 0 saturated heterocycles. The first-order valence-electron chi connectivity index (χ1n) is 6.38. The van der Waals surface area contributed by atoms with Crippen molar-refractivity contribution in [3.63, 3.8) is 0 Å². The molecule has 1 aromatic rings. The summed E-state index contributed by atoms with van der Waals surface area (Å²) in [5.74, 6) is 0. The van der Waals surface area contributed by atoms with E-state index in [9.17, 15) is 13.0 Å². The van der Waals surface area contributed by atoms with Gasteiger partial charge in [-0.1, -0.05) is 38.5 Å².